The molecule has 0 aromatic rings. The van der Waals surface area contributed by atoms with Gasteiger partial charge < -0.3 is 14.6 Å². The fourth-order valence-corrected chi connectivity index (χ4v) is 0.848. The van der Waals surface area contributed by atoms with Gasteiger partial charge in [-0.3, -0.25) is 0 Å². The highest BCUT2D eigenvalue weighted by Gasteiger charge is 2.24. The lowest BCUT2D eigenvalue weighted by Gasteiger charge is -2.19. The van der Waals surface area contributed by atoms with E-state index in [2.05, 4.69) is 0 Å². The van der Waals surface area contributed by atoms with Crippen LogP contribution >= 0.6 is 0 Å². The Balaban J connectivity index is 2.41. The molecule has 1 rings (SSSR count). The average molecular weight is 146 g/mol. The first-order valence-electron chi connectivity index (χ1n) is 3.48. The third-order valence-corrected chi connectivity index (χ3v) is 1.42. The highest BCUT2D eigenvalue weighted by Crippen LogP contribution is 2.19. The zero-order valence-corrected chi connectivity index (χ0v) is 6.46. The van der Waals surface area contributed by atoms with Gasteiger partial charge in [-0.25, -0.2) is 0 Å². The third-order valence-electron chi connectivity index (χ3n) is 1.42. The van der Waals surface area contributed by atoms with E-state index in [1.165, 1.54) is 0 Å². The van der Waals surface area contributed by atoms with Crippen LogP contribution in [0.25, 0.3) is 0 Å². The lowest BCUT2D eigenvalue weighted by atomic mass is 9.97. The summed E-state index contributed by atoms with van der Waals surface area (Å²) in [5, 5.41) is 8.97. The number of rotatable bonds is 0. The van der Waals surface area contributed by atoms with E-state index in [-0.39, 0.29) is 5.41 Å². The van der Waals surface area contributed by atoms with Crippen LogP contribution in [0.4, 0.5) is 0 Å². The summed E-state index contributed by atoms with van der Waals surface area (Å²) in [6.07, 6.45) is -0.734. The first-order chi connectivity index (χ1) is 4.60. The summed E-state index contributed by atoms with van der Waals surface area (Å²) in [5.41, 5.74) is 0.0392. The van der Waals surface area contributed by atoms with Crippen LogP contribution < -0.4 is 0 Å². The summed E-state index contributed by atoms with van der Waals surface area (Å²) in [5.74, 6) is 0. The molecule has 0 saturated carbocycles. The van der Waals surface area contributed by atoms with Gasteiger partial charge in [0.15, 0.2) is 6.29 Å². The SMILES string of the molecule is CC1(C)COCC(O)OC1. The predicted molar refractivity (Wildman–Crippen MR) is 36.6 cm³/mol. The van der Waals surface area contributed by atoms with E-state index in [1.807, 2.05) is 13.8 Å². The van der Waals surface area contributed by atoms with Crippen LogP contribution in [0, 0.1) is 5.41 Å². The van der Waals surface area contributed by atoms with Crippen LogP contribution in [0.1, 0.15) is 13.8 Å². The lowest BCUT2D eigenvalue weighted by Crippen LogP contribution is -2.23. The second kappa shape index (κ2) is 2.86. The topological polar surface area (TPSA) is 38.7 Å². The van der Waals surface area contributed by atoms with Crippen LogP contribution in [0.15, 0.2) is 0 Å². The van der Waals surface area contributed by atoms with Crippen molar-refractivity contribution in [3.63, 3.8) is 0 Å². The van der Waals surface area contributed by atoms with E-state index in [4.69, 9.17) is 14.6 Å². The highest BCUT2D eigenvalue weighted by molar-refractivity contribution is 4.69. The first-order valence-corrected chi connectivity index (χ1v) is 3.48. The van der Waals surface area contributed by atoms with Gasteiger partial charge in [-0.05, 0) is 0 Å². The van der Waals surface area contributed by atoms with E-state index >= 15 is 0 Å². The van der Waals surface area contributed by atoms with Crippen molar-refractivity contribution in [1.29, 1.82) is 0 Å². The van der Waals surface area contributed by atoms with E-state index in [0.717, 1.165) is 0 Å². The van der Waals surface area contributed by atoms with Crippen molar-refractivity contribution >= 4 is 0 Å². The smallest absolute Gasteiger partial charge is 0.178 e. The molecular formula is C7H14O3. The summed E-state index contributed by atoms with van der Waals surface area (Å²) in [4.78, 5) is 0. The van der Waals surface area contributed by atoms with Crippen molar-refractivity contribution in [2.24, 2.45) is 5.41 Å². The molecular weight excluding hydrogens is 132 g/mol. The van der Waals surface area contributed by atoms with Crippen LogP contribution in [0.5, 0.6) is 0 Å². The summed E-state index contributed by atoms with van der Waals surface area (Å²) in [6.45, 7) is 5.61. The standard InChI is InChI=1S/C7H14O3/c1-7(2)4-9-3-6(8)10-5-7/h6,8H,3-5H2,1-2H3. The Morgan fingerprint density at radius 3 is 2.80 bits per heavy atom. The number of aliphatic hydroxyl groups is 1. The van der Waals surface area contributed by atoms with Gasteiger partial charge in [-0.2, -0.15) is 0 Å². The van der Waals surface area contributed by atoms with Crippen molar-refractivity contribution in [2.45, 2.75) is 20.1 Å². The second-order valence-electron chi connectivity index (χ2n) is 3.44. The van der Waals surface area contributed by atoms with Gasteiger partial charge in [-0.15, -0.1) is 0 Å². The summed E-state index contributed by atoms with van der Waals surface area (Å²) >= 11 is 0. The van der Waals surface area contributed by atoms with E-state index in [0.29, 0.717) is 19.8 Å². The van der Waals surface area contributed by atoms with E-state index < -0.39 is 6.29 Å². The monoisotopic (exact) mass is 146 g/mol. The van der Waals surface area contributed by atoms with Gasteiger partial charge in [0, 0.05) is 5.41 Å². The van der Waals surface area contributed by atoms with Crippen molar-refractivity contribution in [2.75, 3.05) is 19.8 Å². The van der Waals surface area contributed by atoms with Crippen molar-refractivity contribution in [1.82, 2.24) is 0 Å². The van der Waals surface area contributed by atoms with Gasteiger partial charge in [0.25, 0.3) is 0 Å². The highest BCUT2D eigenvalue weighted by atomic mass is 16.6. The summed E-state index contributed by atoms with van der Waals surface area (Å²) in [6, 6.07) is 0. The van der Waals surface area contributed by atoms with Gasteiger partial charge in [0.05, 0.1) is 19.8 Å². The van der Waals surface area contributed by atoms with Gasteiger partial charge in [0.1, 0.15) is 0 Å². The van der Waals surface area contributed by atoms with Crippen LogP contribution in [-0.4, -0.2) is 31.2 Å². The lowest BCUT2D eigenvalue weighted by molar-refractivity contribution is -0.119. The Morgan fingerprint density at radius 2 is 2.10 bits per heavy atom. The molecule has 1 atom stereocenters. The Kier molecular flexibility index (Phi) is 2.28. The Hall–Kier alpha value is -0.120. The zero-order valence-electron chi connectivity index (χ0n) is 6.46. The molecule has 3 heteroatoms. The molecule has 10 heavy (non-hydrogen) atoms. The molecule has 0 amide bonds. The van der Waals surface area contributed by atoms with E-state index in [9.17, 15) is 0 Å². The fourth-order valence-electron chi connectivity index (χ4n) is 0.848. The minimum absolute atomic E-state index is 0.0392. The molecule has 1 N–H and O–H groups in total. The molecule has 0 radical (unpaired) electrons. The Labute approximate surface area is 60.9 Å². The first kappa shape index (κ1) is 7.98. The normalized spacial score (nSPS) is 33.3. The van der Waals surface area contributed by atoms with Crippen molar-refractivity contribution in [3.8, 4) is 0 Å². The Morgan fingerprint density at radius 1 is 1.40 bits per heavy atom. The minimum Gasteiger partial charge on any atom is -0.376 e. The molecule has 1 unspecified atom stereocenters. The average Bonchev–Trinajstić information content (AvgIpc) is 1.94. The fraction of sp³-hybridized carbons (Fsp3) is 1.00. The molecule has 0 aromatic carbocycles. The molecule has 1 heterocycles. The number of ether oxygens (including phenoxy) is 2. The summed E-state index contributed by atoms with van der Waals surface area (Å²) < 4.78 is 10.2. The molecule has 0 bridgehead atoms. The second-order valence-corrected chi connectivity index (χ2v) is 3.44. The molecule has 0 spiro atoms. The third kappa shape index (κ3) is 2.25. The molecule has 1 aliphatic rings. The van der Waals surface area contributed by atoms with Crippen LogP contribution in [-0.2, 0) is 9.47 Å². The molecule has 60 valence electrons. The number of hydrogen-bond acceptors (Lipinski definition) is 3. The molecule has 1 fully saturated rings. The molecule has 1 aliphatic heterocycles. The summed E-state index contributed by atoms with van der Waals surface area (Å²) in [7, 11) is 0. The predicted octanol–water partition coefficient (Wildman–Crippen LogP) is 0.378. The maximum absolute atomic E-state index is 8.97. The van der Waals surface area contributed by atoms with Crippen molar-refractivity contribution < 1.29 is 14.6 Å². The molecule has 3 nitrogen and oxygen atoms in total. The largest absolute Gasteiger partial charge is 0.376 e. The number of aliphatic hydroxyl groups excluding tert-OH is 1. The van der Waals surface area contributed by atoms with Crippen molar-refractivity contribution in [3.05, 3.63) is 0 Å². The minimum atomic E-state index is -0.734. The Bertz CT molecular complexity index is 111. The zero-order chi connectivity index (χ0) is 7.61. The van der Waals surface area contributed by atoms with Crippen LogP contribution in [0.3, 0.4) is 0 Å². The molecule has 1 saturated heterocycles. The molecule has 0 aliphatic carbocycles. The van der Waals surface area contributed by atoms with Crippen LogP contribution in [0.2, 0.25) is 0 Å². The quantitative estimate of drug-likeness (QED) is 0.537. The maximum Gasteiger partial charge on any atom is 0.178 e. The van der Waals surface area contributed by atoms with Gasteiger partial charge in [-0.1, -0.05) is 13.8 Å². The van der Waals surface area contributed by atoms with Gasteiger partial charge >= 0.3 is 0 Å². The number of hydrogen-bond donors (Lipinski definition) is 1. The molecule has 0 aromatic heterocycles. The maximum atomic E-state index is 8.97. The van der Waals surface area contributed by atoms with E-state index in [1.54, 1.807) is 0 Å². The van der Waals surface area contributed by atoms with Gasteiger partial charge in [0.2, 0.25) is 0 Å².